The number of fused-ring (bicyclic) bond motifs is 9. The lowest BCUT2D eigenvalue weighted by Gasteiger charge is -2.66. The molecule has 3 nitrogen and oxygen atoms in total. The molecule has 0 amide bonds. The van der Waals surface area contributed by atoms with Crippen molar-refractivity contribution in [2.24, 2.45) is 23.2 Å². The highest BCUT2D eigenvalue weighted by Gasteiger charge is 2.67. The van der Waals surface area contributed by atoms with Crippen LogP contribution in [0.25, 0.3) is 71.7 Å². The molecule has 2 heterocycles. The minimum atomic E-state index is -0.0712. The molecule has 5 aliphatic carbocycles. The molecule has 2 aromatic heterocycles. The summed E-state index contributed by atoms with van der Waals surface area (Å²) in [6.45, 7) is 2.68. The van der Waals surface area contributed by atoms with Crippen LogP contribution in [0.1, 0.15) is 50.2 Å². The molecule has 3 heteroatoms. The fourth-order valence-electron chi connectivity index (χ4n) is 14.2. The Labute approximate surface area is 361 Å². The van der Waals surface area contributed by atoms with Crippen molar-refractivity contribution < 1.29 is 4.42 Å². The molecule has 1 spiro atoms. The van der Waals surface area contributed by atoms with Crippen molar-refractivity contribution in [2.45, 2.75) is 44.4 Å². The molecule has 3 atom stereocenters. The highest BCUT2D eigenvalue weighted by molar-refractivity contribution is 6.18. The zero-order chi connectivity index (χ0) is 40.7. The second-order valence-corrected chi connectivity index (χ2v) is 19.2. The minimum Gasteiger partial charge on any atom is -0.454 e. The van der Waals surface area contributed by atoms with Crippen LogP contribution in [-0.4, -0.2) is 4.57 Å². The maximum Gasteiger partial charge on any atom is 0.159 e. The van der Waals surface area contributed by atoms with Crippen LogP contribution in [0, 0.1) is 23.2 Å². The van der Waals surface area contributed by atoms with E-state index in [1.54, 1.807) is 5.56 Å². The van der Waals surface area contributed by atoms with Crippen LogP contribution in [0.5, 0.6) is 0 Å². The van der Waals surface area contributed by atoms with Gasteiger partial charge >= 0.3 is 0 Å². The molecule has 3 unspecified atom stereocenters. The number of hydrogen-bond acceptors (Lipinski definition) is 2. The van der Waals surface area contributed by atoms with Gasteiger partial charge in [0.25, 0.3) is 0 Å². The van der Waals surface area contributed by atoms with Gasteiger partial charge in [-0.3, -0.25) is 0 Å². The Balaban J connectivity index is 1.07. The van der Waals surface area contributed by atoms with E-state index in [1.807, 2.05) is 0 Å². The first kappa shape index (κ1) is 34.8. The SMILES string of the molecule is CC12CC3CC(CC(C3)C13c1cc(-c4ccccc4)ccc1-c1ccc(N(c4cccc5c4oc4ccccc45)c4cccc5c4c4ccccc4n5-c4ccccc4)cc13)C2. The molecule has 4 bridgehead atoms. The smallest absolute Gasteiger partial charge is 0.159 e. The Morgan fingerprint density at radius 1 is 0.532 bits per heavy atom. The highest BCUT2D eigenvalue weighted by atomic mass is 16.3. The van der Waals surface area contributed by atoms with Gasteiger partial charge in [-0.15, -0.1) is 0 Å². The monoisotopic (exact) mass is 798 g/mol. The molecule has 15 rings (SSSR count). The molecule has 5 aliphatic rings. The van der Waals surface area contributed by atoms with Crippen molar-refractivity contribution in [3.63, 3.8) is 0 Å². The molecule has 0 aliphatic heterocycles. The average Bonchev–Trinajstić information content (AvgIpc) is 3.96. The third kappa shape index (κ3) is 4.56. The van der Waals surface area contributed by atoms with Gasteiger partial charge in [-0.1, -0.05) is 128 Å². The number of nitrogens with zero attached hydrogens (tertiary/aromatic N) is 2. The highest BCUT2D eigenvalue weighted by Crippen LogP contribution is 2.74. The van der Waals surface area contributed by atoms with E-state index in [2.05, 4.69) is 198 Å². The Hall–Kier alpha value is -6.84. The Bertz CT molecular complexity index is 3430. The largest absolute Gasteiger partial charge is 0.454 e. The summed E-state index contributed by atoms with van der Waals surface area (Å²) in [6.07, 6.45) is 6.68. The van der Waals surface area contributed by atoms with Crippen LogP contribution in [0.4, 0.5) is 17.1 Å². The van der Waals surface area contributed by atoms with Gasteiger partial charge in [-0.2, -0.15) is 0 Å². The van der Waals surface area contributed by atoms with Gasteiger partial charge in [-0.05, 0) is 149 Å². The van der Waals surface area contributed by atoms with Crippen molar-refractivity contribution in [1.82, 2.24) is 4.57 Å². The molecule has 4 fully saturated rings. The van der Waals surface area contributed by atoms with E-state index in [-0.39, 0.29) is 10.8 Å². The Kier molecular flexibility index (Phi) is 7.08. The molecular weight excluding hydrogens is 753 g/mol. The first-order chi connectivity index (χ1) is 30.6. The molecule has 298 valence electrons. The second-order valence-electron chi connectivity index (χ2n) is 19.2. The Morgan fingerprint density at radius 2 is 1.18 bits per heavy atom. The van der Waals surface area contributed by atoms with Gasteiger partial charge in [0, 0.05) is 38.3 Å². The number of hydrogen-bond donors (Lipinski definition) is 0. The predicted molar refractivity (Wildman–Crippen MR) is 256 cm³/mol. The van der Waals surface area contributed by atoms with Crippen molar-refractivity contribution in [3.8, 4) is 27.9 Å². The molecule has 4 saturated carbocycles. The fourth-order valence-corrected chi connectivity index (χ4v) is 14.2. The quantitative estimate of drug-likeness (QED) is 0.173. The van der Waals surface area contributed by atoms with Crippen LogP contribution in [0.15, 0.2) is 186 Å². The van der Waals surface area contributed by atoms with Gasteiger partial charge in [-0.25, -0.2) is 0 Å². The molecule has 10 aromatic rings. The summed E-state index contributed by atoms with van der Waals surface area (Å²) in [5, 5.41) is 4.74. The van der Waals surface area contributed by atoms with E-state index < -0.39 is 0 Å². The molecule has 0 saturated heterocycles. The van der Waals surface area contributed by atoms with E-state index in [9.17, 15) is 0 Å². The maximum atomic E-state index is 6.94. The number of para-hydroxylation sites is 4. The van der Waals surface area contributed by atoms with Crippen molar-refractivity contribution in [2.75, 3.05) is 4.90 Å². The number of aromatic nitrogens is 1. The topological polar surface area (TPSA) is 21.3 Å². The number of furan rings is 1. The number of anilines is 3. The third-order valence-corrected chi connectivity index (χ3v) is 16.0. The zero-order valence-corrected chi connectivity index (χ0v) is 34.9. The summed E-state index contributed by atoms with van der Waals surface area (Å²) in [5.74, 6) is 2.27. The summed E-state index contributed by atoms with van der Waals surface area (Å²) in [4.78, 5) is 2.54. The number of rotatable bonds is 5. The summed E-state index contributed by atoms with van der Waals surface area (Å²) < 4.78 is 9.37. The Morgan fingerprint density at radius 3 is 1.98 bits per heavy atom. The van der Waals surface area contributed by atoms with Crippen molar-refractivity contribution in [3.05, 3.63) is 193 Å². The standard InChI is InChI=1S/C59H46N2O/c1-58-35-37-30-38(36-58)32-41(31-37)59(58)49-33-40(39-14-4-2-5-15-39)26-28-44(49)45-29-27-43(34-50(45)59)61(54-24-12-20-47-46-18-9-11-25-55(46)62-57(47)54)53-23-13-22-52-56(53)48-19-8-10-21-51(48)60(52)42-16-6-3-7-17-42/h2-29,33-34,37-38,41H,30-32,35-36H2,1H3. The maximum absolute atomic E-state index is 6.94. The summed E-state index contributed by atoms with van der Waals surface area (Å²) in [6, 6.07) is 67.8. The van der Waals surface area contributed by atoms with E-state index in [1.165, 1.54) is 87.4 Å². The molecular formula is C59H46N2O. The van der Waals surface area contributed by atoms with Crippen LogP contribution in [0.2, 0.25) is 0 Å². The van der Waals surface area contributed by atoms with Crippen LogP contribution >= 0.6 is 0 Å². The third-order valence-electron chi connectivity index (χ3n) is 16.0. The van der Waals surface area contributed by atoms with Gasteiger partial charge in [0.05, 0.1) is 22.4 Å². The average molecular weight is 799 g/mol. The second kappa shape index (κ2) is 12.6. The lowest BCUT2D eigenvalue weighted by Crippen LogP contribution is -2.61. The predicted octanol–water partition coefficient (Wildman–Crippen LogP) is 15.9. The lowest BCUT2D eigenvalue weighted by molar-refractivity contribution is -0.102. The van der Waals surface area contributed by atoms with Gasteiger partial charge in [0.1, 0.15) is 5.58 Å². The molecule has 8 aromatic carbocycles. The first-order valence-corrected chi connectivity index (χ1v) is 22.7. The zero-order valence-electron chi connectivity index (χ0n) is 34.9. The molecule has 0 N–H and O–H groups in total. The van der Waals surface area contributed by atoms with Crippen molar-refractivity contribution >= 4 is 60.8 Å². The first-order valence-electron chi connectivity index (χ1n) is 22.7. The number of benzene rings is 8. The van der Waals surface area contributed by atoms with Crippen molar-refractivity contribution in [1.29, 1.82) is 0 Å². The summed E-state index contributed by atoms with van der Waals surface area (Å²) in [7, 11) is 0. The van der Waals surface area contributed by atoms with E-state index >= 15 is 0 Å². The van der Waals surface area contributed by atoms with E-state index in [4.69, 9.17) is 4.42 Å². The normalized spacial score (nSPS) is 23.2. The van der Waals surface area contributed by atoms with Crippen LogP contribution in [-0.2, 0) is 5.41 Å². The summed E-state index contributed by atoms with van der Waals surface area (Å²) in [5.41, 5.74) is 17.4. The van der Waals surface area contributed by atoms with E-state index in [0.717, 1.165) is 50.8 Å². The van der Waals surface area contributed by atoms with Crippen LogP contribution in [0.3, 0.4) is 0 Å². The van der Waals surface area contributed by atoms with Crippen LogP contribution < -0.4 is 4.90 Å². The molecule has 62 heavy (non-hydrogen) atoms. The summed E-state index contributed by atoms with van der Waals surface area (Å²) >= 11 is 0. The molecule has 0 radical (unpaired) electrons. The van der Waals surface area contributed by atoms with Gasteiger partial charge < -0.3 is 13.9 Å². The fraction of sp³-hybridized carbons (Fsp3) is 0.186. The van der Waals surface area contributed by atoms with Gasteiger partial charge in [0.15, 0.2) is 5.58 Å². The van der Waals surface area contributed by atoms with Gasteiger partial charge in [0.2, 0.25) is 0 Å². The van der Waals surface area contributed by atoms with E-state index in [0.29, 0.717) is 5.92 Å². The lowest BCUT2D eigenvalue weighted by atomic mass is 9.37. The minimum absolute atomic E-state index is 0.0712.